The van der Waals surface area contributed by atoms with Gasteiger partial charge in [-0.2, -0.15) is 0 Å². The molecule has 7 amide bonds. The number of benzene rings is 4. The Hall–Kier alpha value is -9.22. The summed E-state index contributed by atoms with van der Waals surface area (Å²) in [4.78, 5) is 122. The number of unbranched alkanes of at least 4 members (excludes halogenated alkanes) is 1. The first-order chi connectivity index (χ1) is 43.1. The van der Waals surface area contributed by atoms with Crippen LogP contribution in [0.2, 0.25) is 0 Å². The Morgan fingerprint density at radius 2 is 0.989 bits per heavy atom. The Morgan fingerprint density at radius 1 is 0.556 bits per heavy atom. The zero-order valence-electron chi connectivity index (χ0n) is 49.6. The molecule has 0 aliphatic carbocycles. The van der Waals surface area contributed by atoms with Crippen molar-refractivity contribution in [2.24, 2.45) is 23.1 Å². The highest BCUT2D eigenvalue weighted by Crippen LogP contribution is 2.27. The van der Waals surface area contributed by atoms with Gasteiger partial charge >= 0.3 is 5.97 Å². The number of aromatic amines is 3. The van der Waals surface area contributed by atoms with E-state index in [9.17, 15) is 49.5 Å². The van der Waals surface area contributed by atoms with Crippen molar-refractivity contribution in [3.63, 3.8) is 0 Å². The number of aliphatic hydroxyl groups excluding tert-OH is 4. The van der Waals surface area contributed by atoms with Crippen molar-refractivity contribution in [3.05, 3.63) is 138 Å². The number of ether oxygens (including phenoxy) is 2. The number of primary amides is 1. The summed E-state index contributed by atoms with van der Waals surface area (Å²) in [6.07, 6.45) is -3.02. The van der Waals surface area contributed by atoms with Crippen LogP contribution in [-0.4, -0.2) is 174 Å². The van der Waals surface area contributed by atoms with E-state index >= 15 is 14.4 Å². The lowest BCUT2D eigenvalue weighted by Crippen LogP contribution is -2.61. The number of nitrogens with one attached hydrogen (secondary N) is 9. The smallest absolute Gasteiger partial charge is 0.305 e. The molecule has 0 unspecified atom stereocenters. The second kappa shape index (κ2) is 30.8. The number of carboxylic acid groups (broad SMARTS) is 1. The van der Waals surface area contributed by atoms with Gasteiger partial charge in [0, 0.05) is 77.0 Å². The third-order valence-electron chi connectivity index (χ3n) is 15.9. The van der Waals surface area contributed by atoms with Crippen LogP contribution in [0.15, 0.2) is 116 Å². The molecule has 8 rings (SSSR count). The van der Waals surface area contributed by atoms with Crippen LogP contribution in [0.3, 0.4) is 0 Å². The van der Waals surface area contributed by atoms with Gasteiger partial charge in [0.2, 0.25) is 47.6 Å². The summed E-state index contributed by atoms with van der Waals surface area (Å²) in [5.74, 6) is -7.93. The van der Waals surface area contributed by atoms with Gasteiger partial charge in [-0.1, -0.05) is 80.6 Å². The van der Waals surface area contributed by atoms with Crippen molar-refractivity contribution in [1.29, 1.82) is 0 Å². The Bertz CT molecular complexity index is 3640. The maximum absolute atomic E-state index is 15.1. The van der Waals surface area contributed by atoms with Gasteiger partial charge in [0.15, 0.2) is 0 Å². The normalized spacial score (nSPS) is 19.0. The zero-order chi connectivity index (χ0) is 64.8. The van der Waals surface area contributed by atoms with Crippen molar-refractivity contribution in [2.75, 3.05) is 13.2 Å². The maximum Gasteiger partial charge on any atom is 0.305 e. The second-order valence-electron chi connectivity index (χ2n) is 22.8. The largest absolute Gasteiger partial charge is 0.481 e. The minimum atomic E-state index is -1.72. The summed E-state index contributed by atoms with van der Waals surface area (Å²) in [5, 5.41) is 68.9. The van der Waals surface area contributed by atoms with Crippen LogP contribution < -0.4 is 53.8 Å². The van der Waals surface area contributed by atoms with Crippen LogP contribution in [0.1, 0.15) is 61.8 Å². The number of carbonyl (C=O) groups is 8. The molecule has 1 aliphatic rings. The number of hydrogen-bond donors (Lipinski definition) is 17. The average molecular weight is 1240 g/mol. The number of fused-ring (bicyclic) bond motifs is 3. The molecule has 90 heavy (non-hydrogen) atoms. The lowest BCUT2D eigenvalue weighted by molar-refractivity contribution is -0.277. The van der Waals surface area contributed by atoms with E-state index in [1.165, 1.54) is 24.3 Å². The molecule has 0 saturated carbocycles. The number of carbonyl (C=O) groups excluding carboxylic acids is 7. The number of aliphatic carboxylic acids is 1. The fourth-order valence-electron chi connectivity index (χ4n) is 10.8. The highest BCUT2D eigenvalue weighted by atomic mass is 16.7. The van der Waals surface area contributed by atoms with E-state index in [1.54, 1.807) is 56.7 Å². The standard InChI is InChI=1S/C63H78N12O15/c1-32(2)52(62(88)74-48(25-35-29-68-43-15-7-4-12-39(35)43)60(86)72-47(24-34-28-67-42-14-6-3-11-38(34)42)59(85)70-45(56(66)82)17-9-10-22-64)75-61(87)49(26-36-30-69-44-16-8-5-13-40(36)44)73-58(84)46(71-57(83)41(65)27-51(77)78)23-33-18-20-37(21-19-33)89-63-55(81)54(80)53(79)50(31-76)90-63/h3-8,11-16,18-21,28-30,32,41,45-50,52-55,63,67-69,76,79-81H,9-10,17,22-27,31,64-65H2,1-2H3,(H2,66,82)(H,70,85)(H,71,83)(H,72,86)(H,73,84)(H,74,88)(H,75,87)(H,77,78)/t41-,45-,46-,47+,48-,49-,50+,52-,53+,54-,55+,63+/m0/s1. The van der Waals surface area contributed by atoms with Gasteiger partial charge in [-0.3, -0.25) is 38.4 Å². The van der Waals surface area contributed by atoms with Gasteiger partial charge in [0.05, 0.1) is 19.1 Å². The molecule has 0 spiro atoms. The molecule has 27 heteroatoms. The van der Waals surface area contributed by atoms with Gasteiger partial charge < -0.3 is 99.1 Å². The van der Waals surface area contributed by atoms with Gasteiger partial charge in [-0.15, -0.1) is 0 Å². The number of H-pyrrole nitrogens is 3. The van der Waals surface area contributed by atoms with Crippen LogP contribution in [0.5, 0.6) is 5.75 Å². The first-order valence-electron chi connectivity index (χ1n) is 29.6. The third-order valence-corrected chi connectivity index (χ3v) is 15.9. The first-order valence-corrected chi connectivity index (χ1v) is 29.6. The molecule has 20 N–H and O–H groups in total. The van der Waals surface area contributed by atoms with Crippen molar-refractivity contribution in [2.45, 2.75) is 138 Å². The van der Waals surface area contributed by atoms with Crippen LogP contribution in [0, 0.1) is 5.92 Å². The number of hydrogen-bond acceptors (Lipinski definition) is 16. The Labute approximate surface area is 516 Å². The highest BCUT2D eigenvalue weighted by Gasteiger charge is 2.45. The maximum atomic E-state index is 15.1. The van der Waals surface area contributed by atoms with Crippen molar-refractivity contribution in [1.82, 2.24) is 46.9 Å². The summed E-state index contributed by atoms with van der Waals surface area (Å²) >= 11 is 0. The fourth-order valence-corrected chi connectivity index (χ4v) is 10.8. The summed E-state index contributed by atoms with van der Waals surface area (Å²) in [7, 11) is 0. The molecule has 7 aromatic rings. The summed E-state index contributed by atoms with van der Waals surface area (Å²) in [6, 6.07) is 17.7. The van der Waals surface area contributed by atoms with Gasteiger partial charge in [0.1, 0.15) is 66.4 Å². The van der Waals surface area contributed by atoms with E-state index in [2.05, 4.69) is 46.9 Å². The van der Waals surface area contributed by atoms with Gasteiger partial charge in [-0.05, 0) is 84.3 Å². The summed E-state index contributed by atoms with van der Waals surface area (Å²) in [6.45, 7) is 2.96. The van der Waals surface area contributed by atoms with Crippen molar-refractivity contribution < 1.29 is 73.4 Å². The molecular weight excluding hydrogens is 1160 g/mol. The second-order valence-corrected chi connectivity index (χ2v) is 22.8. The number of aliphatic hydroxyl groups is 4. The molecule has 4 aromatic carbocycles. The van der Waals surface area contributed by atoms with E-state index in [1.807, 2.05) is 48.5 Å². The van der Waals surface area contributed by atoms with Gasteiger partial charge in [-0.25, -0.2) is 0 Å². The van der Waals surface area contributed by atoms with E-state index < -0.39 is 139 Å². The van der Waals surface area contributed by atoms with Crippen LogP contribution in [0.4, 0.5) is 0 Å². The molecule has 3 aromatic heterocycles. The lowest BCUT2D eigenvalue weighted by Gasteiger charge is -2.39. The molecule has 1 saturated heterocycles. The predicted molar refractivity (Wildman–Crippen MR) is 329 cm³/mol. The van der Waals surface area contributed by atoms with Crippen LogP contribution in [-0.2, 0) is 68.8 Å². The molecule has 27 nitrogen and oxygen atoms in total. The molecule has 1 fully saturated rings. The molecule has 1 aliphatic heterocycles. The number of amides is 7. The number of carboxylic acids is 1. The topological polar surface area (TPSA) is 454 Å². The van der Waals surface area contributed by atoms with Crippen LogP contribution >= 0.6 is 0 Å². The molecule has 480 valence electrons. The van der Waals surface area contributed by atoms with Gasteiger partial charge in [0.25, 0.3) is 0 Å². The molecule has 0 bridgehead atoms. The van der Waals surface area contributed by atoms with Crippen molar-refractivity contribution >= 4 is 80.0 Å². The summed E-state index contributed by atoms with van der Waals surface area (Å²) in [5.41, 5.74) is 21.9. The van der Waals surface area contributed by atoms with E-state index in [0.29, 0.717) is 52.5 Å². The first kappa shape index (κ1) is 66.7. The monoisotopic (exact) mass is 1240 g/mol. The lowest BCUT2D eigenvalue weighted by atomic mass is 9.98. The predicted octanol–water partition coefficient (Wildman–Crippen LogP) is -0.439. The van der Waals surface area contributed by atoms with E-state index in [-0.39, 0.29) is 37.9 Å². The minimum absolute atomic E-state index is 0.0622. The molecule has 12 atom stereocenters. The molecular formula is C63H78N12O15. The number of para-hydroxylation sites is 3. The molecule has 0 radical (unpaired) electrons. The Balaban J connectivity index is 1.07. The number of nitrogens with two attached hydrogens (primary N) is 3. The average Bonchev–Trinajstić information content (AvgIpc) is 1.56. The Morgan fingerprint density at radius 3 is 1.43 bits per heavy atom. The van der Waals surface area contributed by atoms with Crippen LogP contribution in [0.25, 0.3) is 32.7 Å². The minimum Gasteiger partial charge on any atom is -0.481 e. The van der Waals surface area contributed by atoms with E-state index in [0.717, 1.165) is 21.8 Å². The van der Waals surface area contributed by atoms with E-state index in [4.69, 9.17) is 26.7 Å². The zero-order valence-corrected chi connectivity index (χ0v) is 49.6. The Kier molecular flexibility index (Phi) is 22.8. The quantitative estimate of drug-likeness (QED) is 0.0245. The number of rotatable bonds is 31. The summed E-state index contributed by atoms with van der Waals surface area (Å²) < 4.78 is 11.2. The highest BCUT2D eigenvalue weighted by molar-refractivity contribution is 5.99. The van der Waals surface area contributed by atoms with Crippen molar-refractivity contribution in [3.8, 4) is 5.75 Å². The SMILES string of the molecule is CC(C)[C@H](NC(=O)[C@H](Cc1c[nH]c2ccccc12)NC(=O)[C@H](Cc1ccc(O[C@@H]2O[C@H](CO)[C@@H](O)[C@H](O)[C@H]2O)cc1)NC(=O)[C@@H](N)CC(=O)O)C(=O)N[C@@H](Cc1c[nH]c2ccccc12)C(=O)N[C@H](Cc1c[nH]c2ccccc12)C(=O)N[C@@H](CCCCN)C(N)=O. The molecule has 4 heterocycles. The fraction of sp³-hybridized carbons (Fsp3) is 0.397. The third kappa shape index (κ3) is 16.9. The number of aromatic nitrogens is 3.